The number of carbonyl (C=O) groups excluding carboxylic acids is 1. The number of amides is 1. The molecule has 0 radical (unpaired) electrons. The van der Waals surface area contributed by atoms with Gasteiger partial charge in [-0.15, -0.1) is 23.2 Å². The number of hydrogen-bond donors (Lipinski definition) is 1. The largest absolute Gasteiger partial charge is 0.345 e. The molecule has 0 aliphatic rings. The minimum atomic E-state index is -0.251. The Morgan fingerprint density at radius 3 is 2.76 bits per heavy atom. The lowest BCUT2D eigenvalue weighted by Crippen LogP contribution is -2.30. The summed E-state index contributed by atoms with van der Waals surface area (Å²) in [7, 11) is 0. The van der Waals surface area contributed by atoms with Crippen LogP contribution in [0.4, 0.5) is 4.79 Å². The molecule has 0 aliphatic carbocycles. The molecule has 0 aromatic heterocycles. The maximum atomic E-state index is 11.6. The van der Waals surface area contributed by atoms with E-state index in [0.29, 0.717) is 6.54 Å². The van der Waals surface area contributed by atoms with Crippen LogP contribution in [0.25, 0.3) is 0 Å². The van der Waals surface area contributed by atoms with E-state index in [9.17, 15) is 4.79 Å². The van der Waals surface area contributed by atoms with Gasteiger partial charge in [-0.3, -0.25) is 4.79 Å². The predicted molar refractivity (Wildman–Crippen MR) is 75.4 cm³/mol. The highest BCUT2D eigenvalue weighted by molar-refractivity contribution is 8.13. The van der Waals surface area contributed by atoms with Gasteiger partial charge in [-0.2, -0.15) is 0 Å². The molecule has 0 bridgehead atoms. The monoisotopic (exact) mass is 291 g/mol. The first kappa shape index (κ1) is 14.7. The third kappa shape index (κ3) is 5.66. The molecule has 5 heteroatoms. The number of hydrogen-bond acceptors (Lipinski definition) is 2. The highest BCUT2D eigenvalue weighted by Crippen LogP contribution is 2.19. The highest BCUT2D eigenvalue weighted by atomic mass is 35.5. The first-order valence-corrected chi connectivity index (χ1v) is 6.98. The third-order valence-electron chi connectivity index (χ3n) is 2.14. The van der Waals surface area contributed by atoms with Crippen molar-refractivity contribution in [2.24, 2.45) is 0 Å². The van der Waals surface area contributed by atoms with E-state index in [4.69, 9.17) is 23.2 Å². The summed E-state index contributed by atoms with van der Waals surface area (Å²) in [5.74, 6) is 0. The predicted octanol–water partition coefficient (Wildman–Crippen LogP) is 4.03. The molecule has 1 aromatic rings. The van der Waals surface area contributed by atoms with Crippen LogP contribution >= 0.6 is 35.0 Å². The highest BCUT2D eigenvalue weighted by Gasteiger charge is 2.13. The number of benzene rings is 1. The average Bonchev–Trinajstić information content (AvgIpc) is 2.25. The van der Waals surface area contributed by atoms with Gasteiger partial charge < -0.3 is 5.32 Å². The van der Waals surface area contributed by atoms with Crippen LogP contribution in [0, 0.1) is 6.92 Å². The maximum Gasteiger partial charge on any atom is 0.283 e. The summed E-state index contributed by atoms with van der Waals surface area (Å²) < 4.78 is 0. The van der Waals surface area contributed by atoms with Gasteiger partial charge in [-0.05, 0) is 37.7 Å². The first-order valence-electron chi connectivity index (χ1n) is 5.29. The molecule has 1 amide bonds. The second kappa shape index (κ2) is 7.14. The number of rotatable bonds is 4. The molecular formula is C12H15Cl2NOS. The van der Waals surface area contributed by atoms with Crippen LogP contribution in [0.15, 0.2) is 29.2 Å². The second-order valence-corrected chi connectivity index (χ2v) is 6.08. The molecule has 0 heterocycles. The summed E-state index contributed by atoms with van der Waals surface area (Å²) in [5, 5.41) is 2.21. The number of carbonyl (C=O) groups is 1. The second-order valence-electron chi connectivity index (χ2n) is 3.78. The van der Waals surface area contributed by atoms with Crippen molar-refractivity contribution in [1.29, 1.82) is 0 Å². The van der Waals surface area contributed by atoms with Crippen molar-refractivity contribution in [2.45, 2.75) is 29.5 Å². The van der Waals surface area contributed by atoms with Crippen molar-refractivity contribution in [2.75, 3.05) is 6.54 Å². The number of thioether (sulfide) groups is 1. The van der Waals surface area contributed by atoms with Gasteiger partial charge in [0.05, 0.1) is 5.38 Å². The zero-order chi connectivity index (χ0) is 12.8. The summed E-state index contributed by atoms with van der Waals surface area (Å²) in [5.41, 5.74) is 1.13. The van der Waals surface area contributed by atoms with Gasteiger partial charge in [0.15, 0.2) is 0 Å². The van der Waals surface area contributed by atoms with Crippen LogP contribution in [-0.2, 0) is 0 Å². The molecule has 1 rings (SSSR count). The molecule has 94 valence electrons. The summed E-state index contributed by atoms with van der Waals surface area (Å²) in [6.45, 7) is 4.18. The van der Waals surface area contributed by atoms with E-state index in [1.807, 2.05) is 31.2 Å². The number of halogens is 2. The molecule has 0 saturated heterocycles. The molecule has 0 saturated carbocycles. The number of alkyl halides is 2. The van der Waals surface area contributed by atoms with Gasteiger partial charge in [-0.25, -0.2) is 0 Å². The van der Waals surface area contributed by atoms with Crippen molar-refractivity contribution in [3.8, 4) is 0 Å². The average molecular weight is 292 g/mol. The van der Waals surface area contributed by atoms with Crippen LogP contribution in [-0.4, -0.2) is 22.5 Å². The Morgan fingerprint density at radius 1 is 1.47 bits per heavy atom. The van der Waals surface area contributed by atoms with Crippen LogP contribution in [0.2, 0.25) is 0 Å². The summed E-state index contributed by atoms with van der Waals surface area (Å²) >= 11 is 12.9. The van der Waals surface area contributed by atoms with E-state index in [-0.39, 0.29) is 16.0 Å². The van der Waals surface area contributed by atoms with E-state index in [1.165, 1.54) is 0 Å². The summed E-state index contributed by atoms with van der Waals surface area (Å²) in [6.07, 6.45) is 0. The van der Waals surface area contributed by atoms with E-state index in [1.54, 1.807) is 6.92 Å². The summed E-state index contributed by atoms with van der Waals surface area (Å²) in [4.78, 5) is 12.5. The van der Waals surface area contributed by atoms with E-state index in [2.05, 4.69) is 5.32 Å². The Morgan fingerprint density at radius 2 is 2.18 bits per heavy atom. The molecule has 1 N–H and O–H groups in total. The van der Waals surface area contributed by atoms with Gasteiger partial charge in [0, 0.05) is 16.8 Å². The van der Waals surface area contributed by atoms with Crippen molar-refractivity contribution in [3.63, 3.8) is 0 Å². The van der Waals surface area contributed by atoms with Crippen molar-refractivity contribution in [3.05, 3.63) is 29.8 Å². The normalized spacial score (nSPS) is 14.1. The fourth-order valence-corrected chi connectivity index (χ4v) is 2.09. The van der Waals surface area contributed by atoms with Crippen LogP contribution in [0.5, 0.6) is 0 Å². The van der Waals surface area contributed by atoms with Gasteiger partial charge in [0.25, 0.3) is 5.24 Å². The van der Waals surface area contributed by atoms with Crippen molar-refractivity contribution in [1.82, 2.24) is 5.32 Å². The Bertz CT molecular complexity index is 385. The van der Waals surface area contributed by atoms with Crippen molar-refractivity contribution < 1.29 is 4.79 Å². The molecule has 0 aliphatic heterocycles. The molecule has 2 atom stereocenters. The number of nitrogens with one attached hydrogen (secondary N) is 1. The Labute approximate surface area is 116 Å². The van der Waals surface area contributed by atoms with E-state index in [0.717, 1.165) is 22.2 Å². The maximum absolute atomic E-state index is 11.6. The molecule has 1 aromatic carbocycles. The lowest BCUT2D eigenvalue weighted by atomic mass is 10.2. The molecule has 2 nitrogen and oxygen atoms in total. The van der Waals surface area contributed by atoms with Gasteiger partial charge in [-0.1, -0.05) is 17.7 Å². The smallest absolute Gasteiger partial charge is 0.283 e. The minimum Gasteiger partial charge on any atom is -0.345 e. The fourth-order valence-electron chi connectivity index (χ4n) is 1.17. The lowest BCUT2D eigenvalue weighted by Gasteiger charge is -2.12. The molecular weight excluding hydrogens is 277 g/mol. The molecule has 2 unspecified atom stereocenters. The van der Waals surface area contributed by atoms with Gasteiger partial charge >= 0.3 is 0 Å². The fraction of sp³-hybridized carbons (Fsp3) is 0.417. The van der Waals surface area contributed by atoms with Gasteiger partial charge in [0.1, 0.15) is 0 Å². The van der Waals surface area contributed by atoms with Crippen LogP contribution < -0.4 is 5.32 Å². The van der Waals surface area contributed by atoms with Gasteiger partial charge in [0.2, 0.25) is 0 Å². The molecule has 17 heavy (non-hydrogen) atoms. The zero-order valence-electron chi connectivity index (χ0n) is 9.74. The third-order valence-corrected chi connectivity index (χ3v) is 3.92. The van der Waals surface area contributed by atoms with E-state index >= 15 is 0 Å². The Kier molecular flexibility index (Phi) is 6.17. The van der Waals surface area contributed by atoms with Crippen molar-refractivity contribution >= 4 is 40.2 Å². The summed E-state index contributed by atoms with van der Waals surface area (Å²) in [6, 6.07) is 7.79. The standard InChI is InChI=1S/C12H15Cl2NOS/c1-8-4-3-5-10(6-8)17-12(16)15-7-11(14)9(2)13/h3-6,9,11H,7H2,1-2H3,(H,15,16). The quantitative estimate of drug-likeness (QED) is 0.670. The Hall–Kier alpha value is -0.380. The zero-order valence-corrected chi connectivity index (χ0v) is 12.1. The SMILES string of the molecule is Cc1cccc(SC(=O)NCC(Cl)C(C)Cl)c1. The topological polar surface area (TPSA) is 29.1 Å². The lowest BCUT2D eigenvalue weighted by molar-refractivity contribution is 0.260. The molecule has 0 spiro atoms. The number of aryl methyl sites for hydroxylation is 1. The van der Waals surface area contributed by atoms with Crippen LogP contribution in [0.1, 0.15) is 12.5 Å². The van der Waals surface area contributed by atoms with E-state index < -0.39 is 0 Å². The first-order chi connectivity index (χ1) is 7.99. The Balaban J connectivity index is 2.40. The minimum absolute atomic E-state index is 0.112. The van der Waals surface area contributed by atoms with Crippen LogP contribution in [0.3, 0.4) is 0 Å². The molecule has 0 fully saturated rings.